The van der Waals surface area contributed by atoms with E-state index >= 15 is 0 Å². The van der Waals surface area contributed by atoms with E-state index in [1.807, 2.05) is 6.19 Å². The van der Waals surface area contributed by atoms with Crippen molar-refractivity contribution in [3.05, 3.63) is 29.3 Å². The fourth-order valence-electron chi connectivity index (χ4n) is 1.58. The Kier molecular flexibility index (Phi) is 3.35. The first-order chi connectivity index (χ1) is 8.22. The molecule has 88 valence electrons. The second-order valence-corrected chi connectivity index (χ2v) is 3.91. The number of hydrazine groups is 1. The summed E-state index contributed by atoms with van der Waals surface area (Å²) in [6, 6.07) is 6.71. The molecule has 0 aromatic heterocycles. The minimum absolute atomic E-state index is 0.295. The van der Waals surface area contributed by atoms with E-state index < -0.39 is 6.09 Å². The molecule has 2 rings (SSSR count). The fourth-order valence-corrected chi connectivity index (χ4v) is 1.75. The fraction of sp³-hybridized carbons (Fsp3) is 0.273. The van der Waals surface area contributed by atoms with Crippen LogP contribution in [-0.2, 0) is 0 Å². The van der Waals surface area contributed by atoms with Crippen LogP contribution in [0.1, 0.15) is 6.42 Å². The van der Waals surface area contributed by atoms with Gasteiger partial charge in [0.2, 0.25) is 0 Å². The van der Waals surface area contributed by atoms with E-state index in [4.69, 9.17) is 21.6 Å². The van der Waals surface area contributed by atoms with Crippen molar-refractivity contribution in [1.82, 2.24) is 10.0 Å². The number of rotatable bonds is 1. The smallest absolute Gasteiger partial charge is 0.407 e. The zero-order valence-electron chi connectivity index (χ0n) is 8.97. The number of nitriles is 1. The van der Waals surface area contributed by atoms with Gasteiger partial charge in [0.1, 0.15) is 0 Å². The number of benzene rings is 1. The predicted octanol–water partition coefficient (Wildman–Crippen LogP) is 2.24. The standard InChI is InChI=1S/C11H10ClN3O2/c12-9-4-1-2-5-10(9)17-11(16)15-7-3-6-14(15)8-13/h1-2,4-5H,3,6-7H2. The van der Waals surface area contributed by atoms with Gasteiger partial charge >= 0.3 is 6.09 Å². The number of carbonyl (C=O) groups excluding carboxylic acids is 1. The second-order valence-electron chi connectivity index (χ2n) is 3.50. The Morgan fingerprint density at radius 3 is 2.88 bits per heavy atom. The Morgan fingerprint density at radius 1 is 1.41 bits per heavy atom. The van der Waals surface area contributed by atoms with E-state index in [2.05, 4.69) is 0 Å². The molecule has 1 aromatic rings. The largest absolute Gasteiger partial charge is 0.434 e. The molecule has 0 unspecified atom stereocenters. The SMILES string of the molecule is N#CN1CCCN1C(=O)Oc1ccccc1Cl. The van der Waals surface area contributed by atoms with Crippen LogP contribution in [-0.4, -0.2) is 29.2 Å². The van der Waals surface area contributed by atoms with Gasteiger partial charge < -0.3 is 4.74 Å². The quantitative estimate of drug-likeness (QED) is 0.719. The van der Waals surface area contributed by atoms with Crippen molar-refractivity contribution in [2.75, 3.05) is 13.1 Å². The Morgan fingerprint density at radius 2 is 2.18 bits per heavy atom. The molecule has 1 aliphatic heterocycles. The summed E-state index contributed by atoms with van der Waals surface area (Å²) in [7, 11) is 0. The molecule has 1 aliphatic rings. The number of hydrogen-bond acceptors (Lipinski definition) is 4. The van der Waals surface area contributed by atoms with Gasteiger partial charge in [-0.1, -0.05) is 23.7 Å². The number of amides is 1. The van der Waals surface area contributed by atoms with Gasteiger partial charge in [-0.15, -0.1) is 0 Å². The lowest BCUT2D eigenvalue weighted by atomic mass is 10.3. The highest BCUT2D eigenvalue weighted by Gasteiger charge is 2.27. The summed E-state index contributed by atoms with van der Waals surface area (Å²) >= 11 is 5.87. The van der Waals surface area contributed by atoms with E-state index in [9.17, 15) is 4.79 Å². The first-order valence-corrected chi connectivity index (χ1v) is 5.51. The molecule has 1 heterocycles. The third-order valence-electron chi connectivity index (χ3n) is 2.39. The Labute approximate surface area is 104 Å². The number of para-hydroxylation sites is 1. The maximum absolute atomic E-state index is 11.8. The molecule has 1 amide bonds. The highest BCUT2D eigenvalue weighted by atomic mass is 35.5. The lowest BCUT2D eigenvalue weighted by Gasteiger charge is -2.21. The zero-order chi connectivity index (χ0) is 12.3. The van der Waals surface area contributed by atoms with Crippen LogP contribution in [0.3, 0.4) is 0 Å². The molecular weight excluding hydrogens is 242 g/mol. The van der Waals surface area contributed by atoms with Crippen LogP contribution in [0.15, 0.2) is 24.3 Å². The Bertz CT molecular complexity index is 472. The second kappa shape index (κ2) is 4.93. The monoisotopic (exact) mass is 251 g/mol. The highest BCUT2D eigenvalue weighted by Crippen LogP contribution is 2.24. The summed E-state index contributed by atoms with van der Waals surface area (Å²) in [6.07, 6.45) is 2.09. The lowest BCUT2D eigenvalue weighted by molar-refractivity contribution is 0.0802. The molecular formula is C11H10ClN3O2. The minimum Gasteiger partial charge on any atom is -0.407 e. The topological polar surface area (TPSA) is 56.6 Å². The average Bonchev–Trinajstić information content (AvgIpc) is 2.80. The maximum Gasteiger partial charge on any atom is 0.434 e. The van der Waals surface area contributed by atoms with Gasteiger partial charge in [0.05, 0.1) is 11.6 Å². The molecule has 0 N–H and O–H groups in total. The van der Waals surface area contributed by atoms with E-state index in [-0.39, 0.29) is 0 Å². The number of carbonyl (C=O) groups is 1. The number of halogens is 1. The van der Waals surface area contributed by atoms with Gasteiger partial charge in [0, 0.05) is 6.54 Å². The van der Waals surface area contributed by atoms with E-state index in [1.165, 1.54) is 10.0 Å². The van der Waals surface area contributed by atoms with Crippen LogP contribution in [0.2, 0.25) is 5.02 Å². The summed E-state index contributed by atoms with van der Waals surface area (Å²) in [5.74, 6) is 0.295. The van der Waals surface area contributed by atoms with Gasteiger partial charge in [-0.25, -0.2) is 14.8 Å². The van der Waals surface area contributed by atoms with E-state index in [0.29, 0.717) is 23.9 Å². The Balaban J connectivity index is 2.07. The van der Waals surface area contributed by atoms with Crippen LogP contribution in [0.4, 0.5) is 4.79 Å². The number of hydrogen-bond donors (Lipinski definition) is 0. The normalized spacial score (nSPS) is 14.6. The van der Waals surface area contributed by atoms with Crippen molar-refractivity contribution in [2.45, 2.75) is 6.42 Å². The van der Waals surface area contributed by atoms with Crippen LogP contribution in [0.5, 0.6) is 5.75 Å². The first kappa shape index (κ1) is 11.6. The van der Waals surface area contributed by atoms with Crippen LogP contribution < -0.4 is 4.74 Å². The molecule has 0 atom stereocenters. The van der Waals surface area contributed by atoms with Crippen molar-refractivity contribution in [2.24, 2.45) is 0 Å². The molecule has 0 saturated carbocycles. The Hall–Kier alpha value is -1.93. The van der Waals surface area contributed by atoms with Gasteiger partial charge in [-0.05, 0) is 18.6 Å². The predicted molar refractivity (Wildman–Crippen MR) is 61.1 cm³/mol. The number of ether oxygens (including phenoxy) is 1. The van der Waals surface area contributed by atoms with Crippen molar-refractivity contribution >= 4 is 17.7 Å². The van der Waals surface area contributed by atoms with Gasteiger partial charge in [-0.2, -0.15) is 5.26 Å². The molecule has 6 heteroatoms. The molecule has 0 spiro atoms. The van der Waals surface area contributed by atoms with Crippen LogP contribution in [0, 0.1) is 11.5 Å². The molecule has 5 nitrogen and oxygen atoms in total. The third kappa shape index (κ3) is 2.43. The molecule has 1 fully saturated rings. The molecule has 0 radical (unpaired) electrons. The van der Waals surface area contributed by atoms with Crippen LogP contribution in [0.25, 0.3) is 0 Å². The molecule has 1 aromatic carbocycles. The summed E-state index contributed by atoms with van der Waals surface area (Å²) < 4.78 is 5.12. The highest BCUT2D eigenvalue weighted by molar-refractivity contribution is 6.32. The van der Waals surface area contributed by atoms with E-state index in [1.54, 1.807) is 24.3 Å². The van der Waals surface area contributed by atoms with Crippen molar-refractivity contribution in [3.63, 3.8) is 0 Å². The summed E-state index contributed by atoms with van der Waals surface area (Å²) in [5, 5.41) is 11.7. The summed E-state index contributed by atoms with van der Waals surface area (Å²) in [4.78, 5) is 11.8. The van der Waals surface area contributed by atoms with Gasteiger partial charge in [-0.3, -0.25) is 0 Å². The maximum atomic E-state index is 11.8. The van der Waals surface area contributed by atoms with Crippen molar-refractivity contribution < 1.29 is 9.53 Å². The molecule has 0 bridgehead atoms. The van der Waals surface area contributed by atoms with Crippen LogP contribution >= 0.6 is 11.6 Å². The first-order valence-electron chi connectivity index (χ1n) is 5.13. The minimum atomic E-state index is -0.586. The number of nitrogens with zero attached hydrogens (tertiary/aromatic N) is 3. The van der Waals surface area contributed by atoms with Crippen molar-refractivity contribution in [1.29, 1.82) is 5.26 Å². The molecule has 1 saturated heterocycles. The molecule has 0 aliphatic carbocycles. The zero-order valence-corrected chi connectivity index (χ0v) is 9.72. The van der Waals surface area contributed by atoms with Gasteiger partial charge in [0.15, 0.2) is 11.9 Å². The third-order valence-corrected chi connectivity index (χ3v) is 2.70. The summed E-state index contributed by atoms with van der Waals surface area (Å²) in [5.41, 5.74) is 0. The van der Waals surface area contributed by atoms with E-state index in [0.717, 1.165) is 6.42 Å². The average molecular weight is 252 g/mol. The van der Waals surface area contributed by atoms with Gasteiger partial charge in [0.25, 0.3) is 0 Å². The molecule has 17 heavy (non-hydrogen) atoms. The van der Waals surface area contributed by atoms with Crippen molar-refractivity contribution in [3.8, 4) is 11.9 Å². The summed E-state index contributed by atoms with van der Waals surface area (Å²) in [6.45, 7) is 1.02. The lowest BCUT2D eigenvalue weighted by Crippen LogP contribution is -2.40.